The molecule has 1 saturated carbocycles. The zero-order valence-corrected chi connectivity index (χ0v) is 12.6. The number of aliphatic carboxylic acids is 1. The normalized spacial score (nSPS) is 27.5. The molecule has 3 N–H and O–H groups in total. The number of carboxylic acid groups (broad SMARTS) is 1. The van der Waals surface area contributed by atoms with Crippen molar-refractivity contribution in [2.24, 2.45) is 5.92 Å². The van der Waals surface area contributed by atoms with Gasteiger partial charge < -0.3 is 15.7 Å². The number of rotatable bonds is 3. The fourth-order valence-electron chi connectivity index (χ4n) is 3.94. The Kier molecular flexibility index (Phi) is 4.05. The van der Waals surface area contributed by atoms with Crippen LogP contribution in [0.5, 0.6) is 0 Å². The van der Waals surface area contributed by atoms with Crippen molar-refractivity contribution in [3.8, 4) is 0 Å². The third kappa shape index (κ3) is 2.80. The second kappa shape index (κ2) is 5.99. The number of amides is 1. The lowest BCUT2D eigenvalue weighted by Gasteiger charge is -2.33. The SMILES string of the molecule is Nc1ccc(CC(=O)N2C(C(=O)O)CC3CCCCC32)cc1. The molecular weight excluding hydrogens is 280 g/mol. The standard InChI is InChI=1S/C17H22N2O3/c18-13-7-5-11(6-8-13)9-16(20)19-14-4-2-1-3-12(14)10-15(19)17(21)22/h5-8,12,14-15H,1-4,9-10,18H2,(H,21,22). The van der Waals surface area contributed by atoms with Gasteiger partial charge in [-0.1, -0.05) is 25.0 Å². The molecule has 1 aliphatic carbocycles. The van der Waals surface area contributed by atoms with Crippen molar-refractivity contribution in [1.29, 1.82) is 0 Å². The molecule has 3 atom stereocenters. The summed E-state index contributed by atoms with van der Waals surface area (Å²) in [6.45, 7) is 0. The number of anilines is 1. The van der Waals surface area contributed by atoms with E-state index in [4.69, 9.17) is 5.73 Å². The maximum Gasteiger partial charge on any atom is 0.326 e. The highest BCUT2D eigenvalue weighted by atomic mass is 16.4. The highest BCUT2D eigenvalue weighted by molar-refractivity contribution is 5.86. The molecule has 5 heteroatoms. The van der Waals surface area contributed by atoms with Crippen LogP contribution in [0, 0.1) is 5.92 Å². The first kappa shape index (κ1) is 14.9. The summed E-state index contributed by atoms with van der Waals surface area (Å²) in [6, 6.07) is 6.65. The van der Waals surface area contributed by atoms with Crippen LogP contribution in [0.3, 0.4) is 0 Å². The first-order valence-corrected chi connectivity index (χ1v) is 7.94. The number of nitrogens with two attached hydrogens (primary N) is 1. The first-order valence-electron chi connectivity index (χ1n) is 7.94. The molecule has 0 spiro atoms. The Balaban J connectivity index is 1.78. The number of hydrogen-bond donors (Lipinski definition) is 2. The predicted octanol–water partition coefficient (Wildman–Crippen LogP) is 2.06. The van der Waals surface area contributed by atoms with Gasteiger partial charge in [0.25, 0.3) is 0 Å². The Morgan fingerprint density at radius 2 is 1.86 bits per heavy atom. The van der Waals surface area contributed by atoms with Crippen LogP contribution in [-0.2, 0) is 16.0 Å². The molecule has 1 aromatic rings. The monoisotopic (exact) mass is 302 g/mol. The molecule has 1 amide bonds. The van der Waals surface area contributed by atoms with E-state index < -0.39 is 12.0 Å². The summed E-state index contributed by atoms with van der Waals surface area (Å²) in [4.78, 5) is 25.9. The van der Waals surface area contributed by atoms with Crippen molar-refractivity contribution in [1.82, 2.24) is 4.90 Å². The van der Waals surface area contributed by atoms with Crippen LogP contribution in [0.25, 0.3) is 0 Å². The van der Waals surface area contributed by atoms with E-state index in [2.05, 4.69) is 0 Å². The smallest absolute Gasteiger partial charge is 0.326 e. The van der Waals surface area contributed by atoms with E-state index >= 15 is 0 Å². The minimum absolute atomic E-state index is 0.0772. The molecule has 0 aromatic heterocycles. The molecule has 22 heavy (non-hydrogen) atoms. The number of benzene rings is 1. The second-order valence-corrected chi connectivity index (χ2v) is 6.42. The zero-order chi connectivity index (χ0) is 15.7. The molecule has 1 saturated heterocycles. The third-order valence-corrected chi connectivity index (χ3v) is 5.00. The van der Waals surface area contributed by atoms with Crippen LogP contribution < -0.4 is 5.73 Å². The number of hydrogen-bond acceptors (Lipinski definition) is 3. The van der Waals surface area contributed by atoms with Gasteiger partial charge in [0, 0.05) is 11.7 Å². The summed E-state index contributed by atoms with van der Waals surface area (Å²) < 4.78 is 0. The molecule has 1 aliphatic heterocycles. The van der Waals surface area contributed by atoms with E-state index in [0.29, 0.717) is 18.0 Å². The summed E-state index contributed by atoms with van der Waals surface area (Å²) in [7, 11) is 0. The Labute approximate surface area is 130 Å². The lowest BCUT2D eigenvalue weighted by atomic mass is 9.84. The molecule has 2 fully saturated rings. The Bertz CT molecular complexity index is 570. The number of likely N-dealkylation sites (tertiary alicyclic amines) is 1. The number of fused-ring (bicyclic) bond motifs is 1. The van der Waals surface area contributed by atoms with Gasteiger partial charge in [0.05, 0.1) is 6.42 Å². The zero-order valence-electron chi connectivity index (χ0n) is 12.6. The fraction of sp³-hybridized carbons (Fsp3) is 0.529. The Morgan fingerprint density at radius 3 is 2.55 bits per heavy atom. The molecule has 1 aromatic carbocycles. The molecular formula is C17H22N2O3. The predicted molar refractivity (Wildman–Crippen MR) is 83.2 cm³/mol. The first-order chi connectivity index (χ1) is 10.6. The molecule has 5 nitrogen and oxygen atoms in total. The van der Waals surface area contributed by atoms with Crippen LogP contribution >= 0.6 is 0 Å². The van der Waals surface area contributed by atoms with Crippen molar-refractivity contribution in [2.45, 2.75) is 50.6 Å². The van der Waals surface area contributed by atoms with Crippen molar-refractivity contribution in [2.75, 3.05) is 5.73 Å². The highest BCUT2D eigenvalue weighted by Crippen LogP contribution is 2.40. The lowest BCUT2D eigenvalue weighted by molar-refractivity contribution is -0.149. The molecule has 3 rings (SSSR count). The number of carboxylic acids is 1. The van der Waals surface area contributed by atoms with E-state index in [0.717, 1.165) is 31.2 Å². The lowest BCUT2D eigenvalue weighted by Crippen LogP contribution is -2.46. The maximum atomic E-state index is 12.7. The largest absolute Gasteiger partial charge is 0.480 e. The minimum Gasteiger partial charge on any atom is -0.480 e. The summed E-state index contributed by atoms with van der Waals surface area (Å²) in [5.41, 5.74) is 7.19. The topological polar surface area (TPSA) is 83.6 Å². The van der Waals surface area contributed by atoms with Gasteiger partial charge in [0.2, 0.25) is 5.91 Å². The third-order valence-electron chi connectivity index (χ3n) is 5.00. The van der Waals surface area contributed by atoms with Gasteiger partial charge in [-0.15, -0.1) is 0 Å². The van der Waals surface area contributed by atoms with Gasteiger partial charge in [-0.2, -0.15) is 0 Å². The maximum absolute atomic E-state index is 12.7. The minimum atomic E-state index is -0.875. The Morgan fingerprint density at radius 1 is 1.18 bits per heavy atom. The van der Waals surface area contributed by atoms with Crippen molar-refractivity contribution in [3.63, 3.8) is 0 Å². The van der Waals surface area contributed by atoms with Gasteiger partial charge in [-0.25, -0.2) is 4.79 Å². The van der Waals surface area contributed by atoms with E-state index in [-0.39, 0.29) is 18.4 Å². The molecule has 3 unspecified atom stereocenters. The van der Waals surface area contributed by atoms with E-state index in [9.17, 15) is 14.7 Å². The van der Waals surface area contributed by atoms with Crippen molar-refractivity contribution < 1.29 is 14.7 Å². The van der Waals surface area contributed by atoms with Crippen LogP contribution in [0.1, 0.15) is 37.7 Å². The van der Waals surface area contributed by atoms with Crippen LogP contribution in [0.2, 0.25) is 0 Å². The summed E-state index contributed by atoms with van der Waals surface area (Å²) in [5, 5.41) is 9.47. The van der Waals surface area contributed by atoms with Crippen molar-refractivity contribution >= 4 is 17.6 Å². The van der Waals surface area contributed by atoms with Gasteiger partial charge >= 0.3 is 5.97 Å². The fourth-order valence-corrected chi connectivity index (χ4v) is 3.94. The highest BCUT2D eigenvalue weighted by Gasteiger charge is 2.47. The number of nitrogen functional groups attached to an aromatic ring is 1. The van der Waals surface area contributed by atoms with E-state index in [1.807, 2.05) is 12.1 Å². The average Bonchev–Trinajstić information content (AvgIpc) is 2.89. The summed E-state index contributed by atoms with van der Waals surface area (Å²) in [5.74, 6) is -0.600. The average molecular weight is 302 g/mol. The van der Waals surface area contributed by atoms with E-state index in [1.165, 1.54) is 0 Å². The Hall–Kier alpha value is -2.04. The van der Waals surface area contributed by atoms with Gasteiger partial charge in [0.15, 0.2) is 0 Å². The van der Waals surface area contributed by atoms with Gasteiger partial charge in [0.1, 0.15) is 6.04 Å². The van der Waals surface area contributed by atoms with E-state index in [1.54, 1.807) is 17.0 Å². The quantitative estimate of drug-likeness (QED) is 0.837. The molecule has 0 bridgehead atoms. The number of carbonyl (C=O) groups excluding carboxylic acids is 1. The van der Waals surface area contributed by atoms with Crippen LogP contribution in [-0.4, -0.2) is 34.0 Å². The number of nitrogens with zero attached hydrogens (tertiary/aromatic N) is 1. The van der Waals surface area contributed by atoms with Crippen molar-refractivity contribution in [3.05, 3.63) is 29.8 Å². The van der Waals surface area contributed by atoms with Gasteiger partial charge in [-0.05, 0) is 42.9 Å². The number of carbonyl (C=O) groups is 2. The molecule has 1 heterocycles. The second-order valence-electron chi connectivity index (χ2n) is 6.42. The molecule has 0 radical (unpaired) electrons. The van der Waals surface area contributed by atoms with Crippen LogP contribution in [0.15, 0.2) is 24.3 Å². The molecule has 2 aliphatic rings. The van der Waals surface area contributed by atoms with Gasteiger partial charge in [-0.3, -0.25) is 4.79 Å². The van der Waals surface area contributed by atoms with Crippen LogP contribution in [0.4, 0.5) is 5.69 Å². The molecule has 118 valence electrons. The summed E-state index contributed by atoms with van der Waals surface area (Å²) >= 11 is 0. The summed E-state index contributed by atoms with van der Waals surface area (Å²) in [6.07, 6.45) is 5.05.